The van der Waals surface area contributed by atoms with Gasteiger partial charge in [-0.3, -0.25) is 14.4 Å². The van der Waals surface area contributed by atoms with Gasteiger partial charge in [-0.15, -0.1) is 11.8 Å². The molecule has 8 nitrogen and oxygen atoms in total. The van der Waals surface area contributed by atoms with Gasteiger partial charge in [0.1, 0.15) is 6.04 Å². The lowest BCUT2D eigenvalue weighted by Gasteiger charge is -2.38. The number of anilines is 2. The van der Waals surface area contributed by atoms with Crippen LogP contribution in [0.4, 0.5) is 11.4 Å². The number of rotatable bonds is 7. The highest BCUT2D eigenvalue weighted by Crippen LogP contribution is 2.61. The van der Waals surface area contributed by atoms with E-state index in [0.717, 1.165) is 43.7 Å². The van der Waals surface area contributed by atoms with Crippen LogP contribution in [0.15, 0.2) is 48.6 Å². The number of benzene rings is 1. The van der Waals surface area contributed by atoms with Crippen LogP contribution >= 0.6 is 11.8 Å². The smallest absolute Gasteiger partial charge is 0.311 e. The molecule has 0 aliphatic carbocycles. The van der Waals surface area contributed by atoms with Crippen molar-refractivity contribution in [3.05, 3.63) is 48.6 Å². The Balaban J connectivity index is 1.57. The Hall–Kier alpha value is -2.78. The molecule has 5 rings (SSSR count). The Kier molecular flexibility index (Phi) is 8.61. The second kappa shape index (κ2) is 12.0. The first-order valence-corrected chi connectivity index (χ1v) is 15.6. The van der Waals surface area contributed by atoms with Crippen molar-refractivity contribution in [3.63, 3.8) is 0 Å². The van der Waals surface area contributed by atoms with E-state index in [1.807, 2.05) is 49.4 Å². The number of nitrogens with zero attached hydrogens (tertiary/aromatic N) is 3. The summed E-state index contributed by atoms with van der Waals surface area (Å²) in [5, 5.41) is 10.0. The Morgan fingerprint density at radius 3 is 2.50 bits per heavy atom. The van der Waals surface area contributed by atoms with Crippen molar-refractivity contribution in [1.29, 1.82) is 0 Å². The number of fused-ring (bicyclic) bond motifs is 2. The van der Waals surface area contributed by atoms with Gasteiger partial charge in [0.2, 0.25) is 5.91 Å². The van der Waals surface area contributed by atoms with E-state index in [9.17, 15) is 19.5 Å². The first-order chi connectivity index (χ1) is 19.4. The molecule has 216 valence electrons. The van der Waals surface area contributed by atoms with Gasteiger partial charge in [0.25, 0.3) is 5.91 Å². The number of aliphatic hydroxyl groups excluding tert-OH is 1. The number of likely N-dealkylation sites (tertiary alicyclic amines) is 1. The predicted molar refractivity (Wildman–Crippen MR) is 158 cm³/mol. The maximum atomic E-state index is 14.6. The molecule has 1 aromatic rings. The second-order valence-corrected chi connectivity index (χ2v) is 12.5. The van der Waals surface area contributed by atoms with E-state index >= 15 is 0 Å². The number of aliphatic hydroxyl groups is 1. The zero-order chi connectivity index (χ0) is 28.4. The number of ether oxygens (including phenoxy) is 1. The maximum absolute atomic E-state index is 14.6. The van der Waals surface area contributed by atoms with Gasteiger partial charge in [-0.25, -0.2) is 0 Å². The normalized spacial score (nSPS) is 31.6. The SMILES string of the molecule is CC[C@@H](CO)N1C(=O)[C@@H]2[C@H]3C(=O)OCCCC/C=C\[C@H]3S[C@@]23C=CCN(c2ccc(N(CC)CC)cc2)C(=O)C13. The van der Waals surface area contributed by atoms with Crippen LogP contribution in [0.3, 0.4) is 0 Å². The molecule has 2 fully saturated rings. The minimum Gasteiger partial charge on any atom is -0.465 e. The lowest BCUT2D eigenvalue weighted by Crippen LogP contribution is -2.56. The molecule has 1 unspecified atom stereocenters. The highest BCUT2D eigenvalue weighted by Gasteiger charge is 2.71. The van der Waals surface area contributed by atoms with Gasteiger partial charge in [0.15, 0.2) is 0 Å². The fourth-order valence-electron chi connectivity index (χ4n) is 6.83. The Labute approximate surface area is 241 Å². The fourth-order valence-corrected chi connectivity index (χ4v) is 8.82. The van der Waals surface area contributed by atoms with Gasteiger partial charge < -0.3 is 24.5 Å². The average molecular weight is 568 g/mol. The summed E-state index contributed by atoms with van der Waals surface area (Å²) in [6, 6.07) is 6.62. The Morgan fingerprint density at radius 2 is 1.82 bits per heavy atom. The van der Waals surface area contributed by atoms with Crippen molar-refractivity contribution in [1.82, 2.24) is 4.90 Å². The number of hydrogen-bond donors (Lipinski definition) is 1. The molecule has 40 heavy (non-hydrogen) atoms. The summed E-state index contributed by atoms with van der Waals surface area (Å²) in [5.41, 5.74) is 1.85. The van der Waals surface area contributed by atoms with Crippen molar-refractivity contribution in [2.45, 2.75) is 68.5 Å². The Morgan fingerprint density at radius 1 is 1.07 bits per heavy atom. The minimum absolute atomic E-state index is 0.183. The first-order valence-electron chi connectivity index (χ1n) is 14.7. The van der Waals surface area contributed by atoms with Gasteiger partial charge in [0, 0.05) is 36.3 Å². The van der Waals surface area contributed by atoms with Gasteiger partial charge in [-0.1, -0.05) is 31.2 Å². The molecule has 9 heteroatoms. The van der Waals surface area contributed by atoms with Crippen LogP contribution in [0.25, 0.3) is 0 Å². The van der Waals surface area contributed by atoms with Crippen LogP contribution in [0.1, 0.15) is 46.5 Å². The molecule has 1 N–H and O–H groups in total. The number of carbonyl (C=O) groups excluding carboxylic acids is 3. The number of amides is 2. The van der Waals surface area contributed by atoms with E-state index in [2.05, 4.69) is 24.8 Å². The number of thioether (sulfide) groups is 1. The summed E-state index contributed by atoms with van der Waals surface area (Å²) in [5.74, 6) is -2.23. The number of esters is 1. The monoisotopic (exact) mass is 567 g/mol. The summed E-state index contributed by atoms with van der Waals surface area (Å²) >= 11 is 1.54. The van der Waals surface area contributed by atoms with E-state index in [-0.39, 0.29) is 29.6 Å². The molecular weight excluding hydrogens is 526 g/mol. The number of carbonyl (C=O) groups is 3. The average Bonchev–Trinajstić information content (AvgIpc) is 3.35. The third-order valence-electron chi connectivity index (χ3n) is 8.90. The van der Waals surface area contributed by atoms with Gasteiger partial charge in [0.05, 0.1) is 35.8 Å². The van der Waals surface area contributed by atoms with Crippen LogP contribution in [0.5, 0.6) is 0 Å². The fraction of sp³-hybridized carbons (Fsp3) is 0.581. The maximum Gasteiger partial charge on any atom is 0.311 e. The summed E-state index contributed by atoms with van der Waals surface area (Å²) in [4.78, 5) is 47.9. The van der Waals surface area contributed by atoms with Crippen LogP contribution in [0, 0.1) is 11.8 Å². The van der Waals surface area contributed by atoms with Crippen molar-refractivity contribution in [3.8, 4) is 0 Å². The van der Waals surface area contributed by atoms with E-state index in [0.29, 0.717) is 19.6 Å². The molecule has 0 aromatic heterocycles. The van der Waals surface area contributed by atoms with Gasteiger partial charge >= 0.3 is 5.97 Å². The molecule has 6 atom stereocenters. The topological polar surface area (TPSA) is 90.4 Å². The molecule has 2 saturated heterocycles. The molecule has 2 amide bonds. The van der Waals surface area contributed by atoms with Crippen LogP contribution in [-0.2, 0) is 19.1 Å². The van der Waals surface area contributed by atoms with Crippen molar-refractivity contribution < 1.29 is 24.2 Å². The molecule has 4 heterocycles. The molecular formula is C31H41N3O5S. The van der Waals surface area contributed by atoms with Gasteiger partial charge in [-0.05, 0) is 63.8 Å². The van der Waals surface area contributed by atoms with Crippen LogP contribution < -0.4 is 9.80 Å². The summed E-state index contributed by atoms with van der Waals surface area (Å²) < 4.78 is 4.75. The standard InChI is InChI=1S/C31H41N3O5S/c1-4-21(20-35)34-27-29(37)33(23-15-13-22(14-16-23)32(5-2)6-3)18-11-17-31(27)26(28(34)36)25-24(40-31)12-9-7-8-10-19-39-30(25)38/h9,11-17,21,24-27,35H,4-8,10,18-20H2,1-3H3/b12-9-/t21-,24+,25-,26-,27?,31-/m0/s1. The molecule has 4 aliphatic rings. The largest absolute Gasteiger partial charge is 0.465 e. The van der Waals surface area contributed by atoms with E-state index in [4.69, 9.17) is 4.74 Å². The lowest BCUT2D eigenvalue weighted by atomic mass is 9.78. The summed E-state index contributed by atoms with van der Waals surface area (Å²) in [6.45, 7) is 8.36. The summed E-state index contributed by atoms with van der Waals surface area (Å²) in [7, 11) is 0. The van der Waals surface area contributed by atoms with Gasteiger partial charge in [-0.2, -0.15) is 0 Å². The molecule has 0 saturated carbocycles. The molecule has 4 aliphatic heterocycles. The van der Waals surface area contributed by atoms with Crippen molar-refractivity contribution in [2.75, 3.05) is 42.6 Å². The Bertz CT molecular complexity index is 1160. The number of hydrogen-bond acceptors (Lipinski definition) is 7. The zero-order valence-electron chi connectivity index (χ0n) is 23.7. The number of cyclic esters (lactones) is 1. The van der Waals surface area contributed by atoms with Crippen molar-refractivity contribution >= 4 is 40.9 Å². The van der Waals surface area contributed by atoms with Crippen LogP contribution in [-0.4, -0.2) is 82.7 Å². The predicted octanol–water partition coefficient (Wildman–Crippen LogP) is 3.79. The molecule has 0 bridgehead atoms. The quantitative estimate of drug-likeness (QED) is 0.396. The van der Waals surface area contributed by atoms with E-state index in [1.165, 1.54) is 11.8 Å². The molecule has 0 radical (unpaired) electrons. The van der Waals surface area contributed by atoms with E-state index in [1.54, 1.807) is 9.80 Å². The minimum atomic E-state index is -0.931. The van der Waals surface area contributed by atoms with E-state index < -0.39 is 28.7 Å². The zero-order valence-corrected chi connectivity index (χ0v) is 24.5. The lowest BCUT2D eigenvalue weighted by molar-refractivity contribution is -0.153. The summed E-state index contributed by atoms with van der Waals surface area (Å²) in [6.07, 6.45) is 11.2. The molecule has 1 aromatic carbocycles. The highest BCUT2D eigenvalue weighted by molar-refractivity contribution is 8.02. The van der Waals surface area contributed by atoms with Crippen LogP contribution in [0.2, 0.25) is 0 Å². The highest BCUT2D eigenvalue weighted by atomic mass is 32.2. The van der Waals surface area contributed by atoms with Crippen molar-refractivity contribution in [2.24, 2.45) is 11.8 Å². The second-order valence-electron chi connectivity index (χ2n) is 11.0. The number of allylic oxidation sites excluding steroid dienone is 1. The third kappa shape index (κ3) is 4.75. The molecule has 1 spiro atoms. The third-order valence-corrected chi connectivity index (χ3v) is 10.6. The first kappa shape index (κ1) is 28.7.